The van der Waals surface area contributed by atoms with E-state index in [0.29, 0.717) is 0 Å². The number of rotatable bonds is 0. The molecule has 0 fully saturated rings. The van der Waals surface area contributed by atoms with E-state index < -0.39 is 0 Å². The SMILES string of the molecule is Oc1ccccc1Br.Oc1ccccc1Br.[Zr+2].c1cc[cH-]c1.c1cc[cH-]c1. The number of phenols is 2. The molecule has 5 heteroatoms. The minimum Gasteiger partial charge on any atom is -0.507 e. The molecule has 0 spiro atoms. The summed E-state index contributed by atoms with van der Waals surface area (Å²) in [5.41, 5.74) is 0. The average molecular weight is 567 g/mol. The van der Waals surface area contributed by atoms with E-state index in [9.17, 15) is 0 Å². The Morgan fingerprint density at radius 1 is 0.519 bits per heavy atom. The number of aromatic hydroxyl groups is 2. The van der Waals surface area contributed by atoms with Gasteiger partial charge in [0.05, 0.1) is 8.95 Å². The van der Waals surface area contributed by atoms with Crippen LogP contribution in [0.25, 0.3) is 0 Å². The Balaban J connectivity index is 0.000000337. The summed E-state index contributed by atoms with van der Waals surface area (Å²) in [5, 5.41) is 17.7. The Labute approximate surface area is 196 Å². The molecule has 0 heterocycles. The fourth-order valence-electron chi connectivity index (χ4n) is 1.54. The van der Waals surface area contributed by atoms with Gasteiger partial charge in [0.15, 0.2) is 0 Å². The third-order valence-electron chi connectivity index (χ3n) is 2.82. The van der Waals surface area contributed by atoms with Gasteiger partial charge in [-0.15, -0.1) is 0 Å². The van der Waals surface area contributed by atoms with Crippen molar-refractivity contribution in [2.75, 3.05) is 0 Å². The molecule has 0 aliphatic carbocycles. The van der Waals surface area contributed by atoms with Crippen molar-refractivity contribution in [2.45, 2.75) is 0 Å². The van der Waals surface area contributed by atoms with Crippen molar-refractivity contribution < 1.29 is 36.4 Å². The second-order valence-corrected chi connectivity index (χ2v) is 6.54. The summed E-state index contributed by atoms with van der Waals surface area (Å²) >= 11 is 6.29. The number of phenolic OH excluding ortho intramolecular Hbond substituents is 2. The van der Waals surface area contributed by atoms with Crippen molar-refractivity contribution in [1.82, 2.24) is 0 Å². The van der Waals surface area contributed by atoms with Gasteiger partial charge in [-0.3, -0.25) is 0 Å². The second kappa shape index (κ2) is 16.7. The van der Waals surface area contributed by atoms with E-state index in [-0.39, 0.29) is 37.7 Å². The molecule has 4 rings (SSSR count). The Morgan fingerprint density at radius 3 is 0.963 bits per heavy atom. The molecule has 0 atom stereocenters. The summed E-state index contributed by atoms with van der Waals surface area (Å²) < 4.78 is 1.47. The van der Waals surface area contributed by atoms with Gasteiger partial charge in [-0.25, -0.2) is 24.3 Å². The fraction of sp³-hybridized carbons (Fsp3) is 0. The molecular weight excluding hydrogens is 547 g/mol. The van der Waals surface area contributed by atoms with E-state index in [1.165, 1.54) is 0 Å². The molecule has 0 saturated heterocycles. The van der Waals surface area contributed by atoms with Crippen LogP contribution in [0.4, 0.5) is 0 Å². The Bertz CT molecular complexity index is 655. The van der Waals surface area contributed by atoms with E-state index in [4.69, 9.17) is 10.2 Å². The molecule has 0 saturated carbocycles. The van der Waals surface area contributed by atoms with E-state index in [1.807, 2.05) is 72.8 Å². The van der Waals surface area contributed by atoms with Crippen molar-refractivity contribution in [3.05, 3.63) is 118 Å². The maximum absolute atomic E-state index is 8.87. The van der Waals surface area contributed by atoms with Crippen molar-refractivity contribution in [2.24, 2.45) is 0 Å². The third kappa shape index (κ3) is 13.4. The smallest absolute Gasteiger partial charge is 0.507 e. The number of halogens is 2. The Kier molecular flexibility index (Phi) is 15.9. The maximum Gasteiger partial charge on any atom is 2.00 e. The topological polar surface area (TPSA) is 40.5 Å². The van der Waals surface area contributed by atoms with Crippen LogP contribution in [0.5, 0.6) is 11.5 Å². The van der Waals surface area contributed by atoms with Gasteiger partial charge >= 0.3 is 26.2 Å². The van der Waals surface area contributed by atoms with Crippen LogP contribution in [0.15, 0.2) is 118 Å². The molecular formula is C22H20Br2O2Zr. The van der Waals surface area contributed by atoms with Crippen LogP contribution in [-0.4, -0.2) is 10.2 Å². The molecule has 0 unspecified atom stereocenters. The summed E-state index contributed by atoms with van der Waals surface area (Å²) in [6, 6.07) is 34.1. The Hall–Kier alpha value is -1.42. The van der Waals surface area contributed by atoms with Gasteiger partial charge in [0, 0.05) is 0 Å². The van der Waals surface area contributed by atoms with Crippen LogP contribution in [0, 0.1) is 0 Å². The standard InChI is InChI=1S/2C6H5BrO.2C5H5.Zr/c2*7-5-3-1-2-4-6(5)8;2*1-2-4-5-3-1;/h2*1-4,8H;2*1-5H;/q;;2*-1;+2. The summed E-state index contributed by atoms with van der Waals surface area (Å²) in [6.45, 7) is 0. The van der Waals surface area contributed by atoms with Crippen molar-refractivity contribution in [1.29, 1.82) is 0 Å². The molecule has 0 aromatic heterocycles. The van der Waals surface area contributed by atoms with Crippen LogP contribution in [0.3, 0.4) is 0 Å². The molecule has 0 amide bonds. The van der Waals surface area contributed by atoms with Gasteiger partial charge in [-0.2, -0.15) is 36.4 Å². The van der Waals surface area contributed by atoms with E-state index >= 15 is 0 Å². The summed E-state index contributed by atoms with van der Waals surface area (Å²) in [7, 11) is 0. The third-order valence-corrected chi connectivity index (χ3v) is 4.16. The van der Waals surface area contributed by atoms with Crippen molar-refractivity contribution >= 4 is 31.9 Å². The number of hydrogen-bond acceptors (Lipinski definition) is 2. The van der Waals surface area contributed by atoms with E-state index in [0.717, 1.165) is 8.95 Å². The first-order chi connectivity index (χ1) is 12.6. The molecule has 2 nitrogen and oxygen atoms in total. The number of para-hydroxylation sites is 2. The largest absolute Gasteiger partial charge is 2.00 e. The molecule has 138 valence electrons. The van der Waals surface area contributed by atoms with Gasteiger partial charge in [-0.05, 0) is 56.1 Å². The van der Waals surface area contributed by atoms with Crippen LogP contribution >= 0.6 is 31.9 Å². The molecule has 27 heavy (non-hydrogen) atoms. The van der Waals surface area contributed by atoms with Crippen molar-refractivity contribution in [3.63, 3.8) is 0 Å². The van der Waals surface area contributed by atoms with Gasteiger partial charge in [0.25, 0.3) is 0 Å². The van der Waals surface area contributed by atoms with Crippen LogP contribution < -0.4 is 0 Å². The van der Waals surface area contributed by atoms with E-state index in [2.05, 4.69) is 31.9 Å². The fourth-order valence-corrected chi connectivity index (χ4v) is 2.11. The minimum atomic E-state index is 0. The molecule has 0 aliphatic heterocycles. The van der Waals surface area contributed by atoms with Gasteiger partial charge in [0.1, 0.15) is 11.5 Å². The minimum absolute atomic E-state index is 0. The van der Waals surface area contributed by atoms with Gasteiger partial charge in [-0.1, -0.05) is 24.3 Å². The maximum atomic E-state index is 8.87. The summed E-state index contributed by atoms with van der Waals surface area (Å²) in [6.07, 6.45) is 0. The first-order valence-electron chi connectivity index (χ1n) is 7.81. The van der Waals surface area contributed by atoms with Crippen molar-refractivity contribution in [3.8, 4) is 11.5 Å². The quantitative estimate of drug-likeness (QED) is 0.222. The summed E-state index contributed by atoms with van der Waals surface area (Å²) in [4.78, 5) is 0. The first-order valence-corrected chi connectivity index (χ1v) is 9.40. The van der Waals surface area contributed by atoms with Crippen LogP contribution in [0.1, 0.15) is 0 Å². The zero-order valence-corrected chi connectivity index (χ0v) is 20.2. The zero-order chi connectivity index (χ0) is 19.0. The van der Waals surface area contributed by atoms with Crippen LogP contribution in [0.2, 0.25) is 0 Å². The van der Waals surface area contributed by atoms with Crippen LogP contribution in [-0.2, 0) is 26.2 Å². The second-order valence-electron chi connectivity index (χ2n) is 4.83. The van der Waals surface area contributed by atoms with Gasteiger partial charge < -0.3 is 10.2 Å². The predicted octanol–water partition coefficient (Wildman–Crippen LogP) is 7.12. The molecule has 0 bridgehead atoms. The number of benzene rings is 2. The normalized spacial score (nSPS) is 8.37. The first kappa shape index (κ1) is 25.6. The molecule has 4 aromatic carbocycles. The molecule has 2 N–H and O–H groups in total. The summed E-state index contributed by atoms with van der Waals surface area (Å²) in [5.74, 6) is 0.569. The van der Waals surface area contributed by atoms with Gasteiger partial charge in [0.2, 0.25) is 0 Å². The number of hydrogen-bond donors (Lipinski definition) is 2. The molecule has 0 radical (unpaired) electrons. The van der Waals surface area contributed by atoms with E-state index in [1.54, 1.807) is 36.4 Å². The zero-order valence-electron chi connectivity index (χ0n) is 14.5. The molecule has 0 aliphatic rings. The predicted molar refractivity (Wildman–Crippen MR) is 116 cm³/mol. The molecule has 4 aromatic rings. The average Bonchev–Trinajstić information content (AvgIpc) is 3.39. The monoisotopic (exact) mass is 564 g/mol. The Morgan fingerprint density at radius 2 is 0.815 bits per heavy atom.